The molecule has 0 aromatic heterocycles. The maximum absolute atomic E-state index is 13.8. The van der Waals surface area contributed by atoms with Crippen molar-refractivity contribution < 1.29 is 18.3 Å². The molecule has 1 heterocycles. The van der Waals surface area contributed by atoms with Gasteiger partial charge in [-0.05, 0) is 18.2 Å². The first kappa shape index (κ1) is 12.4. The number of halogens is 2. The first-order chi connectivity index (χ1) is 9.54. The van der Waals surface area contributed by atoms with Crippen molar-refractivity contribution in [2.45, 2.75) is 6.10 Å². The zero-order chi connectivity index (χ0) is 14.3. The smallest absolute Gasteiger partial charge is 0.270 e. The standard InChI is InChI=1S/C14H10F2N2O2/c15-8-3-1-7(2-4-8)12-14(19)18-11-6-9(17)5-10(16)13(11)20-12/h1-6,12H,17H2,(H,18,19). The molecule has 0 saturated carbocycles. The van der Waals surface area contributed by atoms with Crippen LogP contribution >= 0.6 is 0 Å². The molecule has 2 aromatic carbocycles. The van der Waals surface area contributed by atoms with Crippen molar-refractivity contribution in [2.24, 2.45) is 0 Å². The van der Waals surface area contributed by atoms with Crippen LogP contribution in [0.2, 0.25) is 0 Å². The molecule has 0 spiro atoms. The van der Waals surface area contributed by atoms with Gasteiger partial charge in [-0.2, -0.15) is 0 Å². The summed E-state index contributed by atoms with van der Waals surface area (Å²) in [6, 6.07) is 7.77. The molecule has 4 nitrogen and oxygen atoms in total. The third kappa shape index (κ3) is 2.05. The summed E-state index contributed by atoms with van der Waals surface area (Å²) < 4.78 is 32.1. The van der Waals surface area contributed by atoms with Crippen LogP contribution in [0.3, 0.4) is 0 Å². The highest BCUT2D eigenvalue weighted by Crippen LogP contribution is 2.38. The molecule has 1 aliphatic rings. The van der Waals surface area contributed by atoms with E-state index < -0.39 is 23.6 Å². The molecule has 3 N–H and O–H groups in total. The fraction of sp³-hybridized carbons (Fsp3) is 0.0714. The lowest BCUT2D eigenvalue weighted by atomic mass is 10.1. The number of hydrogen-bond donors (Lipinski definition) is 2. The van der Waals surface area contributed by atoms with Crippen molar-refractivity contribution in [3.8, 4) is 5.75 Å². The summed E-state index contributed by atoms with van der Waals surface area (Å²) in [4.78, 5) is 12.0. The Morgan fingerprint density at radius 3 is 2.55 bits per heavy atom. The van der Waals surface area contributed by atoms with Crippen LogP contribution in [-0.4, -0.2) is 5.91 Å². The number of nitrogens with one attached hydrogen (secondary N) is 1. The van der Waals surface area contributed by atoms with E-state index in [2.05, 4.69) is 5.32 Å². The van der Waals surface area contributed by atoms with Gasteiger partial charge < -0.3 is 15.8 Å². The molecule has 0 bridgehead atoms. The fourth-order valence-corrected chi connectivity index (χ4v) is 2.05. The van der Waals surface area contributed by atoms with Gasteiger partial charge in [0, 0.05) is 17.3 Å². The van der Waals surface area contributed by atoms with Crippen LogP contribution in [0, 0.1) is 11.6 Å². The molecular formula is C14H10F2N2O2. The normalized spacial score (nSPS) is 17.1. The van der Waals surface area contributed by atoms with Crippen LogP contribution in [0.4, 0.5) is 20.2 Å². The number of nitrogens with two attached hydrogens (primary N) is 1. The van der Waals surface area contributed by atoms with Gasteiger partial charge in [0.2, 0.25) is 6.10 Å². The summed E-state index contributed by atoms with van der Waals surface area (Å²) in [5.41, 5.74) is 6.31. The van der Waals surface area contributed by atoms with E-state index in [1.807, 2.05) is 0 Å². The second-order valence-electron chi connectivity index (χ2n) is 4.42. The molecule has 6 heteroatoms. The van der Waals surface area contributed by atoms with Crippen LogP contribution < -0.4 is 15.8 Å². The van der Waals surface area contributed by atoms with Crippen molar-refractivity contribution in [2.75, 3.05) is 11.1 Å². The predicted molar refractivity (Wildman–Crippen MR) is 69.2 cm³/mol. The number of hydrogen-bond acceptors (Lipinski definition) is 3. The van der Waals surface area contributed by atoms with Crippen LogP contribution in [0.1, 0.15) is 11.7 Å². The van der Waals surface area contributed by atoms with E-state index in [-0.39, 0.29) is 17.1 Å². The summed E-state index contributed by atoms with van der Waals surface area (Å²) >= 11 is 0. The van der Waals surface area contributed by atoms with Crippen molar-refractivity contribution in [3.05, 3.63) is 53.6 Å². The van der Waals surface area contributed by atoms with E-state index in [9.17, 15) is 13.6 Å². The highest BCUT2D eigenvalue weighted by molar-refractivity contribution is 5.98. The summed E-state index contributed by atoms with van der Waals surface area (Å²) in [5, 5.41) is 2.53. The lowest BCUT2D eigenvalue weighted by molar-refractivity contribution is -0.123. The average molecular weight is 276 g/mol. The Hall–Kier alpha value is -2.63. The molecule has 1 unspecified atom stereocenters. The van der Waals surface area contributed by atoms with E-state index in [1.54, 1.807) is 0 Å². The van der Waals surface area contributed by atoms with Gasteiger partial charge in [0.05, 0.1) is 5.69 Å². The number of fused-ring (bicyclic) bond motifs is 1. The summed E-state index contributed by atoms with van der Waals surface area (Å²) in [7, 11) is 0. The maximum Gasteiger partial charge on any atom is 0.270 e. The first-order valence-corrected chi connectivity index (χ1v) is 5.86. The number of benzene rings is 2. The summed E-state index contributed by atoms with van der Waals surface area (Å²) in [5.74, 6) is -1.63. The van der Waals surface area contributed by atoms with Crippen molar-refractivity contribution in [3.63, 3.8) is 0 Å². The summed E-state index contributed by atoms with van der Waals surface area (Å²) in [6.45, 7) is 0. The van der Waals surface area contributed by atoms with E-state index in [4.69, 9.17) is 10.5 Å². The van der Waals surface area contributed by atoms with Crippen LogP contribution in [0.5, 0.6) is 5.75 Å². The number of rotatable bonds is 1. The number of carbonyl (C=O) groups is 1. The third-order valence-corrected chi connectivity index (χ3v) is 2.97. The van der Waals surface area contributed by atoms with Crippen LogP contribution in [0.15, 0.2) is 36.4 Å². The Labute approximate surface area is 113 Å². The van der Waals surface area contributed by atoms with E-state index >= 15 is 0 Å². The minimum atomic E-state index is -1.03. The minimum Gasteiger partial charge on any atom is -0.471 e. The lowest BCUT2D eigenvalue weighted by Gasteiger charge is -2.26. The third-order valence-electron chi connectivity index (χ3n) is 2.97. The van der Waals surface area contributed by atoms with Gasteiger partial charge in [-0.3, -0.25) is 4.79 Å². The van der Waals surface area contributed by atoms with Crippen molar-refractivity contribution in [1.29, 1.82) is 0 Å². The van der Waals surface area contributed by atoms with Crippen LogP contribution in [-0.2, 0) is 4.79 Å². The molecule has 1 aliphatic heterocycles. The minimum absolute atomic E-state index is 0.0758. The average Bonchev–Trinajstić information content (AvgIpc) is 2.39. The van der Waals surface area contributed by atoms with Gasteiger partial charge in [0.15, 0.2) is 11.6 Å². The molecule has 20 heavy (non-hydrogen) atoms. The van der Waals surface area contributed by atoms with Gasteiger partial charge in [-0.25, -0.2) is 8.78 Å². The Morgan fingerprint density at radius 2 is 1.85 bits per heavy atom. The molecule has 102 valence electrons. The second kappa shape index (κ2) is 4.48. The molecular weight excluding hydrogens is 266 g/mol. The van der Waals surface area contributed by atoms with E-state index in [1.165, 1.54) is 30.3 Å². The highest BCUT2D eigenvalue weighted by atomic mass is 19.1. The topological polar surface area (TPSA) is 64.3 Å². The molecule has 0 aliphatic carbocycles. The predicted octanol–water partition coefficient (Wildman–Crippen LogP) is 2.62. The number of amides is 1. The quantitative estimate of drug-likeness (QED) is 0.787. The van der Waals surface area contributed by atoms with Gasteiger partial charge in [0.25, 0.3) is 5.91 Å². The molecule has 0 saturated heterocycles. The van der Waals surface area contributed by atoms with Gasteiger partial charge in [-0.1, -0.05) is 12.1 Å². The Balaban J connectivity index is 2.00. The molecule has 0 fully saturated rings. The number of nitrogen functional groups attached to an aromatic ring is 1. The highest BCUT2D eigenvalue weighted by Gasteiger charge is 2.31. The SMILES string of the molecule is Nc1cc(F)c2c(c1)NC(=O)C(c1ccc(F)cc1)O2. The molecule has 1 atom stereocenters. The fourth-order valence-electron chi connectivity index (χ4n) is 2.05. The zero-order valence-electron chi connectivity index (χ0n) is 10.2. The monoisotopic (exact) mass is 276 g/mol. The van der Waals surface area contributed by atoms with Gasteiger partial charge in [0.1, 0.15) is 5.82 Å². The van der Waals surface area contributed by atoms with Crippen LogP contribution in [0.25, 0.3) is 0 Å². The Bertz CT molecular complexity index is 686. The Morgan fingerprint density at radius 1 is 1.15 bits per heavy atom. The lowest BCUT2D eigenvalue weighted by Crippen LogP contribution is -2.30. The number of anilines is 2. The second-order valence-corrected chi connectivity index (χ2v) is 4.42. The zero-order valence-corrected chi connectivity index (χ0v) is 10.2. The Kier molecular flexibility index (Phi) is 2.78. The molecule has 0 radical (unpaired) electrons. The number of carbonyl (C=O) groups excluding carboxylic acids is 1. The van der Waals surface area contributed by atoms with Crippen molar-refractivity contribution >= 4 is 17.3 Å². The molecule has 2 aromatic rings. The van der Waals surface area contributed by atoms with Crippen molar-refractivity contribution in [1.82, 2.24) is 0 Å². The summed E-state index contributed by atoms with van der Waals surface area (Å²) in [6.07, 6.45) is -1.03. The van der Waals surface area contributed by atoms with Gasteiger partial charge >= 0.3 is 0 Å². The molecule has 3 rings (SSSR count). The van der Waals surface area contributed by atoms with E-state index in [0.29, 0.717) is 5.56 Å². The van der Waals surface area contributed by atoms with E-state index in [0.717, 1.165) is 6.07 Å². The largest absolute Gasteiger partial charge is 0.471 e. The first-order valence-electron chi connectivity index (χ1n) is 5.86. The molecule has 1 amide bonds. The maximum atomic E-state index is 13.8. The number of ether oxygens (including phenoxy) is 1. The van der Waals surface area contributed by atoms with Gasteiger partial charge in [-0.15, -0.1) is 0 Å².